The summed E-state index contributed by atoms with van der Waals surface area (Å²) >= 11 is 0. The van der Waals surface area contributed by atoms with E-state index in [1.54, 1.807) is 6.07 Å². The number of benzene rings is 1. The van der Waals surface area contributed by atoms with Gasteiger partial charge in [-0.2, -0.15) is 5.10 Å². The number of nitrogens with zero attached hydrogens (tertiary/aromatic N) is 4. The van der Waals surface area contributed by atoms with Gasteiger partial charge in [-0.1, -0.05) is 13.8 Å². The number of ether oxygens (including phenoxy) is 1. The molecule has 0 bridgehead atoms. The summed E-state index contributed by atoms with van der Waals surface area (Å²) in [6, 6.07) is 4.42. The summed E-state index contributed by atoms with van der Waals surface area (Å²) in [6.07, 6.45) is 1.83. The van der Waals surface area contributed by atoms with Gasteiger partial charge in [-0.25, -0.2) is 18.9 Å². The number of aromatic nitrogens is 3. The van der Waals surface area contributed by atoms with E-state index in [1.807, 2.05) is 13.8 Å². The predicted molar refractivity (Wildman–Crippen MR) is 79.3 cm³/mol. The van der Waals surface area contributed by atoms with Crippen molar-refractivity contribution in [3.05, 3.63) is 36.7 Å². The lowest BCUT2D eigenvalue weighted by Crippen LogP contribution is -2.27. The van der Waals surface area contributed by atoms with Gasteiger partial charge in [0.25, 0.3) is 0 Å². The molecule has 8 heteroatoms. The molecule has 1 aliphatic rings. The van der Waals surface area contributed by atoms with Gasteiger partial charge in [0.1, 0.15) is 24.4 Å². The molecule has 0 spiro atoms. The summed E-state index contributed by atoms with van der Waals surface area (Å²) in [4.78, 5) is 16.8. The Morgan fingerprint density at radius 1 is 1.45 bits per heavy atom. The highest BCUT2D eigenvalue weighted by Crippen LogP contribution is 2.24. The number of hydrogen-bond acceptors (Lipinski definition) is 5. The number of rotatable bonds is 3. The van der Waals surface area contributed by atoms with E-state index >= 15 is 0 Å². The third kappa shape index (κ3) is 3.06. The molecule has 0 saturated carbocycles. The second kappa shape index (κ2) is 6.99. The monoisotopic (exact) mass is 307 g/mol. The van der Waals surface area contributed by atoms with E-state index in [0.717, 1.165) is 0 Å². The zero-order valence-electron chi connectivity index (χ0n) is 12.4. The Balaban J connectivity index is 0.000000847. The molecule has 2 aromatic rings. The Kier molecular flexibility index (Phi) is 5.05. The molecular formula is C14H18FN5O2. The molecular weight excluding hydrogens is 289 g/mol. The van der Waals surface area contributed by atoms with E-state index in [1.165, 1.54) is 34.4 Å². The standard InChI is InChI=1S/C12H12FN5O2.C2H6/c13-10-3-8(17-5-9(4-14)20-12(17)19)1-2-11(10)18-7-15-6-16-18;1-2/h1-3,6-7,9H,4-5,14H2;1-2H3. The van der Waals surface area contributed by atoms with Crippen LogP contribution in [0, 0.1) is 5.82 Å². The number of carbonyl (C=O) groups is 1. The van der Waals surface area contributed by atoms with Crippen molar-refractivity contribution >= 4 is 11.8 Å². The molecule has 2 N–H and O–H groups in total. The van der Waals surface area contributed by atoms with Crippen LogP contribution in [0.25, 0.3) is 5.69 Å². The predicted octanol–water partition coefficient (Wildman–Crippen LogP) is 1.72. The van der Waals surface area contributed by atoms with Gasteiger partial charge in [-0.05, 0) is 18.2 Å². The van der Waals surface area contributed by atoms with Crippen molar-refractivity contribution in [2.24, 2.45) is 5.73 Å². The summed E-state index contributed by atoms with van der Waals surface area (Å²) in [5, 5.41) is 3.86. The average molecular weight is 307 g/mol. The number of carbonyl (C=O) groups excluding carboxylic acids is 1. The Morgan fingerprint density at radius 3 is 2.77 bits per heavy atom. The van der Waals surface area contributed by atoms with Gasteiger partial charge in [0.05, 0.1) is 12.2 Å². The fraction of sp³-hybridized carbons (Fsp3) is 0.357. The van der Waals surface area contributed by atoms with Crippen molar-refractivity contribution in [3.8, 4) is 5.69 Å². The van der Waals surface area contributed by atoms with Gasteiger partial charge < -0.3 is 10.5 Å². The van der Waals surface area contributed by atoms with Crippen LogP contribution in [0.4, 0.5) is 14.9 Å². The van der Waals surface area contributed by atoms with Crippen LogP contribution in [0.5, 0.6) is 0 Å². The third-order valence-corrected chi connectivity index (χ3v) is 3.05. The highest BCUT2D eigenvalue weighted by atomic mass is 19.1. The van der Waals surface area contributed by atoms with Crippen molar-refractivity contribution in [3.63, 3.8) is 0 Å². The molecule has 118 valence electrons. The first-order chi connectivity index (χ1) is 10.7. The van der Waals surface area contributed by atoms with Crippen molar-refractivity contribution < 1.29 is 13.9 Å². The van der Waals surface area contributed by atoms with Gasteiger partial charge in [-0.3, -0.25) is 4.90 Å². The second-order valence-corrected chi connectivity index (χ2v) is 4.33. The molecule has 1 fully saturated rings. The van der Waals surface area contributed by atoms with E-state index < -0.39 is 11.9 Å². The number of nitrogens with two attached hydrogens (primary N) is 1. The SMILES string of the molecule is CC.NCC1CN(c2ccc(-n3cncn3)c(F)c2)C(=O)O1. The Hall–Kier alpha value is -2.48. The maximum atomic E-state index is 14.1. The van der Waals surface area contributed by atoms with Crippen LogP contribution in [0.15, 0.2) is 30.9 Å². The van der Waals surface area contributed by atoms with E-state index in [2.05, 4.69) is 10.1 Å². The second-order valence-electron chi connectivity index (χ2n) is 4.33. The molecule has 1 unspecified atom stereocenters. The highest BCUT2D eigenvalue weighted by molar-refractivity contribution is 5.89. The number of amides is 1. The molecule has 1 saturated heterocycles. The Labute approximate surface area is 127 Å². The van der Waals surface area contributed by atoms with Crippen LogP contribution in [0.1, 0.15) is 13.8 Å². The zero-order chi connectivity index (χ0) is 16.1. The number of cyclic esters (lactones) is 1. The molecule has 2 heterocycles. The first-order valence-corrected chi connectivity index (χ1v) is 7.02. The minimum atomic E-state index is -0.520. The fourth-order valence-corrected chi connectivity index (χ4v) is 2.04. The van der Waals surface area contributed by atoms with Crippen molar-refractivity contribution in [2.75, 3.05) is 18.0 Å². The first kappa shape index (κ1) is 15.9. The first-order valence-electron chi connectivity index (χ1n) is 7.02. The Bertz CT molecular complexity index is 632. The number of hydrogen-bond donors (Lipinski definition) is 1. The minimum absolute atomic E-state index is 0.238. The molecule has 0 aliphatic carbocycles. The van der Waals surface area contributed by atoms with Crippen LogP contribution in [0.2, 0.25) is 0 Å². The third-order valence-electron chi connectivity index (χ3n) is 3.05. The molecule has 22 heavy (non-hydrogen) atoms. The molecule has 1 atom stereocenters. The molecule has 3 rings (SSSR count). The summed E-state index contributed by atoms with van der Waals surface area (Å²) in [5.74, 6) is -0.503. The quantitative estimate of drug-likeness (QED) is 0.933. The summed E-state index contributed by atoms with van der Waals surface area (Å²) in [7, 11) is 0. The molecule has 0 radical (unpaired) electrons. The molecule has 1 aromatic heterocycles. The van der Waals surface area contributed by atoms with Crippen LogP contribution in [-0.4, -0.2) is 40.1 Å². The lowest BCUT2D eigenvalue weighted by atomic mass is 10.2. The van der Waals surface area contributed by atoms with Crippen molar-refractivity contribution in [1.82, 2.24) is 14.8 Å². The van der Waals surface area contributed by atoms with E-state index in [9.17, 15) is 9.18 Å². The maximum absolute atomic E-state index is 14.1. The fourth-order valence-electron chi connectivity index (χ4n) is 2.04. The molecule has 1 aliphatic heterocycles. The number of halogens is 1. The zero-order valence-corrected chi connectivity index (χ0v) is 12.4. The summed E-state index contributed by atoms with van der Waals surface area (Å²) in [6.45, 7) is 4.55. The van der Waals surface area contributed by atoms with Crippen molar-refractivity contribution in [2.45, 2.75) is 20.0 Å². The smallest absolute Gasteiger partial charge is 0.414 e. The van der Waals surface area contributed by atoms with Gasteiger partial charge in [0.15, 0.2) is 5.82 Å². The summed E-state index contributed by atoms with van der Waals surface area (Å²) < 4.78 is 20.4. The highest BCUT2D eigenvalue weighted by Gasteiger charge is 2.31. The normalized spacial score (nSPS) is 17.0. The topological polar surface area (TPSA) is 86.3 Å². The Morgan fingerprint density at radius 2 is 2.23 bits per heavy atom. The van der Waals surface area contributed by atoms with E-state index in [0.29, 0.717) is 12.2 Å². The number of anilines is 1. The van der Waals surface area contributed by atoms with E-state index in [4.69, 9.17) is 10.5 Å². The van der Waals surface area contributed by atoms with Gasteiger partial charge in [-0.15, -0.1) is 0 Å². The van der Waals surface area contributed by atoms with Crippen LogP contribution in [-0.2, 0) is 4.74 Å². The average Bonchev–Trinajstić information content (AvgIpc) is 3.18. The van der Waals surface area contributed by atoms with Crippen LogP contribution < -0.4 is 10.6 Å². The summed E-state index contributed by atoms with van der Waals surface area (Å²) in [5.41, 5.74) is 6.14. The largest absolute Gasteiger partial charge is 0.443 e. The van der Waals surface area contributed by atoms with E-state index in [-0.39, 0.29) is 18.3 Å². The van der Waals surface area contributed by atoms with Crippen LogP contribution in [0.3, 0.4) is 0 Å². The molecule has 1 amide bonds. The maximum Gasteiger partial charge on any atom is 0.414 e. The van der Waals surface area contributed by atoms with Gasteiger partial charge in [0, 0.05) is 6.54 Å². The minimum Gasteiger partial charge on any atom is -0.443 e. The molecule has 7 nitrogen and oxygen atoms in total. The van der Waals surface area contributed by atoms with Crippen LogP contribution >= 0.6 is 0 Å². The molecule has 1 aromatic carbocycles. The van der Waals surface area contributed by atoms with Gasteiger partial charge in [0.2, 0.25) is 0 Å². The lowest BCUT2D eigenvalue weighted by molar-refractivity contribution is 0.145. The lowest BCUT2D eigenvalue weighted by Gasteiger charge is -2.14. The van der Waals surface area contributed by atoms with Crippen molar-refractivity contribution in [1.29, 1.82) is 0 Å². The van der Waals surface area contributed by atoms with Gasteiger partial charge >= 0.3 is 6.09 Å².